The van der Waals surface area contributed by atoms with Gasteiger partial charge < -0.3 is 10.6 Å². The van der Waals surface area contributed by atoms with E-state index in [2.05, 4.69) is 25.9 Å². The van der Waals surface area contributed by atoms with Gasteiger partial charge in [-0.3, -0.25) is 25.0 Å². The van der Waals surface area contributed by atoms with E-state index in [0.29, 0.717) is 11.1 Å². The van der Waals surface area contributed by atoms with Gasteiger partial charge in [-0.1, -0.05) is 30.3 Å². The Morgan fingerprint density at radius 1 is 1.16 bits per heavy atom. The zero-order valence-corrected chi connectivity index (χ0v) is 16.6. The molecule has 0 bridgehead atoms. The molecule has 3 N–H and O–H groups in total. The molecule has 2 aliphatic rings. The van der Waals surface area contributed by atoms with Crippen molar-refractivity contribution < 1.29 is 14.5 Å². The first kappa shape index (κ1) is 20.0. The zero-order chi connectivity index (χ0) is 22.0. The number of nitro benzene ring substituents is 1. The van der Waals surface area contributed by atoms with Crippen LogP contribution in [0.15, 0.2) is 70.3 Å². The molecular weight excluding hydrogens is 420 g/mol. The number of hydrogen-bond acceptors (Lipinski definition) is 7. The summed E-state index contributed by atoms with van der Waals surface area (Å²) < 4.78 is 0. The number of nitro groups is 1. The largest absolute Gasteiger partial charge is 0.325 e. The Bertz CT molecular complexity index is 1210. The van der Waals surface area contributed by atoms with Crippen molar-refractivity contribution in [3.63, 3.8) is 0 Å². The number of hydrogen-bond donors (Lipinski definition) is 3. The van der Waals surface area contributed by atoms with Crippen molar-refractivity contribution in [1.29, 1.82) is 0 Å². The first-order valence-corrected chi connectivity index (χ1v) is 9.43. The van der Waals surface area contributed by atoms with Crippen LogP contribution in [0.1, 0.15) is 15.9 Å². The second-order valence-corrected chi connectivity index (χ2v) is 6.91. The highest BCUT2D eigenvalue weighted by molar-refractivity contribution is 7.80. The third-order valence-electron chi connectivity index (χ3n) is 4.40. The van der Waals surface area contributed by atoms with Crippen LogP contribution in [0.2, 0.25) is 0 Å². The average Bonchev–Trinajstić information content (AvgIpc) is 3.18. The minimum atomic E-state index is -0.927. The van der Waals surface area contributed by atoms with Crippen LogP contribution in [0.3, 0.4) is 0 Å². The van der Waals surface area contributed by atoms with Gasteiger partial charge in [0.05, 0.1) is 10.6 Å². The smallest absolute Gasteiger partial charge is 0.270 e. The molecule has 1 unspecified atom stereocenters. The summed E-state index contributed by atoms with van der Waals surface area (Å²) in [5.74, 6) is -0.442. The van der Waals surface area contributed by atoms with Crippen LogP contribution < -0.4 is 16.0 Å². The van der Waals surface area contributed by atoms with Crippen molar-refractivity contribution in [2.24, 2.45) is 9.98 Å². The van der Waals surface area contributed by atoms with Crippen LogP contribution in [0.5, 0.6) is 0 Å². The maximum Gasteiger partial charge on any atom is 0.270 e. The van der Waals surface area contributed by atoms with Crippen LogP contribution in [-0.4, -0.2) is 39.6 Å². The number of thiocarbonyl (C=S) groups is 1. The molecule has 2 aliphatic heterocycles. The van der Waals surface area contributed by atoms with E-state index in [1.807, 2.05) is 0 Å². The summed E-state index contributed by atoms with van der Waals surface area (Å²) in [6.45, 7) is 0. The van der Waals surface area contributed by atoms with Crippen molar-refractivity contribution in [2.45, 2.75) is 6.04 Å². The predicted molar refractivity (Wildman–Crippen MR) is 118 cm³/mol. The number of benzene rings is 2. The van der Waals surface area contributed by atoms with Crippen molar-refractivity contribution in [3.05, 3.63) is 81.5 Å². The lowest BCUT2D eigenvalue weighted by molar-refractivity contribution is -0.384. The average molecular weight is 434 g/mol. The summed E-state index contributed by atoms with van der Waals surface area (Å²) in [7, 11) is 0. The summed E-state index contributed by atoms with van der Waals surface area (Å²) in [5.41, 5.74) is 0.968. The minimum Gasteiger partial charge on any atom is -0.325 e. The number of amidine groups is 2. The molecule has 0 aliphatic carbocycles. The predicted octanol–water partition coefficient (Wildman–Crippen LogP) is 1.55. The highest BCUT2D eigenvalue weighted by Gasteiger charge is 2.36. The van der Waals surface area contributed by atoms with E-state index in [4.69, 9.17) is 12.2 Å². The number of aliphatic imine (C=N–C) groups is 2. The summed E-state index contributed by atoms with van der Waals surface area (Å²) in [6.07, 6.45) is 1.52. The molecule has 2 aromatic rings. The van der Waals surface area contributed by atoms with Gasteiger partial charge >= 0.3 is 0 Å². The Balaban J connectivity index is 1.72. The molecule has 0 aromatic heterocycles. The van der Waals surface area contributed by atoms with E-state index in [1.54, 1.807) is 36.4 Å². The molecule has 0 saturated heterocycles. The highest BCUT2D eigenvalue weighted by atomic mass is 32.1. The zero-order valence-electron chi connectivity index (χ0n) is 15.7. The minimum absolute atomic E-state index is 0.0118. The molecule has 2 amide bonds. The number of rotatable bonds is 5. The van der Waals surface area contributed by atoms with Crippen molar-refractivity contribution in [2.75, 3.05) is 0 Å². The quantitative estimate of drug-likeness (QED) is 0.371. The van der Waals surface area contributed by atoms with E-state index in [9.17, 15) is 19.7 Å². The second kappa shape index (κ2) is 8.24. The second-order valence-electron chi connectivity index (χ2n) is 6.53. The fourth-order valence-electron chi connectivity index (χ4n) is 2.97. The first-order chi connectivity index (χ1) is 14.9. The molecule has 1 atom stereocenters. The Kier molecular flexibility index (Phi) is 5.33. The van der Waals surface area contributed by atoms with Crippen LogP contribution in [0.4, 0.5) is 5.69 Å². The Labute approximate surface area is 180 Å². The van der Waals surface area contributed by atoms with Gasteiger partial charge in [-0.05, 0) is 36.0 Å². The van der Waals surface area contributed by atoms with Gasteiger partial charge in [0.2, 0.25) is 5.11 Å². The summed E-state index contributed by atoms with van der Waals surface area (Å²) in [6, 6.07) is 13.5. The topological polar surface area (TPSA) is 138 Å². The van der Waals surface area contributed by atoms with Gasteiger partial charge in [0.25, 0.3) is 17.5 Å². The molecular formula is C20H14N6O4S. The van der Waals surface area contributed by atoms with Gasteiger partial charge in [-0.15, -0.1) is 0 Å². The van der Waals surface area contributed by atoms with Crippen LogP contribution >= 0.6 is 12.2 Å². The molecule has 0 spiro atoms. The van der Waals surface area contributed by atoms with Gasteiger partial charge in [0.15, 0.2) is 11.9 Å². The first-order valence-electron chi connectivity index (χ1n) is 9.02. The molecule has 154 valence electrons. The highest BCUT2D eigenvalue weighted by Crippen LogP contribution is 2.18. The fraction of sp³-hybridized carbons (Fsp3) is 0.0500. The van der Waals surface area contributed by atoms with Gasteiger partial charge in [0, 0.05) is 17.7 Å². The molecule has 4 rings (SSSR count). The molecule has 11 heteroatoms. The number of non-ortho nitro benzene ring substituents is 1. The number of amides is 2. The van der Waals surface area contributed by atoms with E-state index in [0.717, 1.165) is 0 Å². The van der Waals surface area contributed by atoms with Gasteiger partial charge in [-0.25, -0.2) is 9.98 Å². The van der Waals surface area contributed by atoms with Crippen LogP contribution in [-0.2, 0) is 4.79 Å². The van der Waals surface area contributed by atoms with Gasteiger partial charge in [-0.2, -0.15) is 0 Å². The molecule has 2 aromatic carbocycles. The molecule has 10 nitrogen and oxygen atoms in total. The van der Waals surface area contributed by atoms with E-state index in [1.165, 1.54) is 24.3 Å². The lowest BCUT2D eigenvalue weighted by Gasteiger charge is -2.14. The number of fused-ring (bicyclic) bond motifs is 1. The summed E-state index contributed by atoms with van der Waals surface area (Å²) >= 11 is 4.93. The number of nitrogens with zero attached hydrogens (tertiary/aromatic N) is 3. The molecule has 0 fully saturated rings. The summed E-state index contributed by atoms with van der Waals surface area (Å²) in [4.78, 5) is 43.9. The lowest BCUT2D eigenvalue weighted by Crippen LogP contribution is -2.47. The Hall–Kier alpha value is -4.25. The van der Waals surface area contributed by atoms with Gasteiger partial charge in [0.1, 0.15) is 5.84 Å². The lowest BCUT2D eigenvalue weighted by atomic mass is 10.1. The monoisotopic (exact) mass is 434 g/mol. The molecule has 0 saturated carbocycles. The van der Waals surface area contributed by atoms with Crippen molar-refractivity contribution in [3.8, 4) is 0 Å². The SMILES string of the molecule is O=C(N/C(=C\c1cccc([N+](=O)[O-])c1)C1=NC2C(=O)NC(=S)N=C2N1)c1ccccc1. The normalized spacial score (nSPS) is 17.7. The number of carbonyl (C=O) groups excluding carboxylic acids is 2. The fourth-order valence-corrected chi connectivity index (χ4v) is 3.17. The number of carbonyl (C=O) groups is 2. The standard InChI is InChI=1S/C20H14N6O4S/c27-18(12-6-2-1-3-7-12)21-14(10-11-5-4-8-13(9-11)26(29)30)16-22-15-17(23-16)24-20(31)25-19(15)28/h1-10,15H,(H,21,27)(H2,22,23,24,25,28,31)/b14-10-. The molecule has 2 heterocycles. The van der Waals surface area contributed by atoms with E-state index < -0.39 is 22.8 Å². The molecule has 0 radical (unpaired) electrons. The maximum atomic E-state index is 12.7. The Morgan fingerprint density at radius 2 is 1.94 bits per heavy atom. The van der Waals surface area contributed by atoms with Crippen LogP contribution in [0.25, 0.3) is 6.08 Å². The summed E-state index contributed by atoms with van der Waals surface area (Å²) in [5, 5.41) is 19.2. The maximum absolute atomic E-state index is 12.7. The third kappa shape index (κ3) is 4.36. The van der Waals surface area contributed by atoms with Crippen molar-refractivity contribution in [1.82, 2.24) is 16.0 Å². The van der Waals surface area contributed by atoms with E-state index in [-0.39, 0.29) is 28.2 Å². The van der Waals surface area contributed by atoms with E-state index >= 15 is 0 Å². The third-order valence-corrected chi connectivity index (χ3v) is 4.59. The molecule has 31 heavy (non-hydrogen) atoms. The Morgan fingerprint density at radius 3 is 2.68 bits per heavy atom. The van der Waals surface area contributed by atoms with Crippen LogP contribution in [0, 0.1) is 10.1 Å². The number of nitrogens with one attached hydrogen (secondary N) is 3. The van der Waals surface area contributed by atoms with Crippen molar-refractivity contribution >= 4 is 52.6 Å².